The van der Waals surface area contributed by atoms with Gasteiger partial charge in [-0.05, 0) is 48.2 Å². The summed E-state index contributed by atoms with van der Waals surface area (Å²) in [5.74, 6) is 1.94. The number of benzene rings is 2. The second-order valence-corrected chi connectivity index (χ2v) is 7.09. The van der Waals surface area contributed by atoms with Crippen molar-refractivity contribution in [3.8, 4) is 11.5 Å². The lowest BCUT2D eigenvalue weighted by Gasteiger charge is -2.03. The first-order valence-electron chi connectivity index (χ1n) is 8.07. The van der Waals surface area contributed by atoms with Gasteiger partial charge in [-0.15, -0.1) is 0 Å². The van der Waals surface area contributed by atoms with Crippen LogP contribution >= 0.6 is 11.3 Å². The van der Waals surface area contributed by atoms with E-state index in [0.29, 0.717) is 5.13 Å². The largest absolute Gasteiger partial charge is 0.497 e. The van der Waals surface area contributed by atoms with Gasteiger partial charge >= 0.3 is 0 Å². The van der Waals surface area contributed by atoms with Crippen LogP contribution in [0, 0.1) is 5.92 Å². The maximum atomic E-state index is 12.5. The zero-order valence-corrected chi connectivity index (χ0v) is 14.8. The van der Waals surface area contributed by atoms with Crippen LogP contribution in [0.25, 0.3) is 10.2 Å². The highest BCUT2D eigenvalue weighted by Crippen LogP contribution is 2.48. The smallest absolute Gasteiger partial charge is 0.229 e. The third-order valence-electron chi connectivity index (χ3n) is 4.50. The third kappa shape index (κ3) is 3.17. The van der Waals surface area contributed by atoms with Gasteiger partial charge in [-0.2, -0.15) is 0 Å². The molecule has 0 radical (unpaired) electrons. The first kappa shape index (κ1) is 15.9. The predicted octanol–water partition coefficient (Wildman–Crippen LogP) is 4.06. The zero-order chi connectivity index (χ0) is 17.4. The molecule has 0 aliphatic heterocycles. The second-order valence-electron chi connectivity index (χ2n) is 6.06. The van der Waals surface area contributed by atoms with Crippen LogP contribution in [0.4, 0.5) is 5.13 Å². The minimum atomic E-state index is 0.00921. The Balaban J connectivity index is 1.44. The summed E-state index contributed by atoms with van der Waals surface area (Å²) in [6, 6.07) is 13.6. The van der Waals surface area contributed by atoms with Gasteiger partial charge in [-0.3, -0.25) is 4.79 Å². The average molecular weight is 354 g/mol. The number of methoxy groups -OCH3 is 2. The Labute approximate surface area is 149 Å². The van der Waals surface area contributed by atoms with E-state index in [1.165, 1.54) is 16.9 Å². The fourth-order valence-electron chi connectivity index (χ4n) is 2.99. The summed E-state index contributed by atoms with van der Waals surface area (Å²) in [6.07, 6.45) is 0.872. The predicted molar refractivity (Wildman–Crippen MR) is 98.6 cm³/mol. The summed E-state index contributed by atoms with van der Waals surface area (Å²) < 4.78 is 11.4. The van der Waals surface area contributed by atoms with Crippen LogP contribution in [-0.4, -0.2) is 25.1 Å². The Hall–Kier alpha value is -2.60. The van der Waals surface area contributed by atoms with Crippen molar-refractivity contribution in [3.63, 3.8) is 0 Å². The summed E-state index contributed by atoms with van der Waals surface area (Å²) in [5.41, 5.74) is 2.04. The summed E-state index contributed by atoms with van der Waals surface area (Å²) in [7, 11) is 3.28. The van der Waals surface area contributed by atoms with E-state index >= 15 is 0 Å². The fourth-order valence-corrected chi connectivity index (χ4v) is 3.88. The molecule has 1 aromatic heterocycles. The first-order chi connectivity index (χ1) is 12.2. The standard InChI is InChI=1S/C19H18N2O3S/c1-23-12-5-3-11(4-6-12)14-10-15(14)18(22)21-19-20-16-8-7-13(24-2)9-17(16)25-19/h3-9,14-15H,10H2,1-2H3,(H,20,21,22)/t14-,15+/m1/s1. The maximum absolute atomic E-state index is 12.5. The van der Waals surface area contributed by atoms with Crippen molar-refractivity contribution in [2.45, 2.75) is 12.3 Å². The molecule has 1 fully saturated rings. The molecule has 2 atom stereocenters. The van der Waals surface area contributed by atoms with Gasteiger partial charge in [0.05, 0.1) is 24.4 Å². The molecule has 1 saturated carbocycles. The number of ether oxygens (including phenoxy) is 2. The van der Waals surface area contributed by atoms with Crippen molar-refractivity contribution >= 4 is 32.6 Å². The SMILES string of the molecule is COc1ccc([C@H]2C[C@@H]2C(=O)Nc2nc3ccc(OC)cc3s2)cc1. The molecule has 0 spiro atoms. The van der Waals surface area contributed by atoms with Gasteiger partial charge in [0.1, 0.15) is 11.5 Å². The normalized spacial score (nSPS) is 18.8. The van der Waals surface area contributed by atoms with Gasteiger partial charge in [0.2, 0.25) is 5.91 Å². The third-order valence-corrected chi connectivity index (χ3v) is 5.43. The summed E-state index contributed by atoms with van der Waals surface area (Å²) in [5, 5.41) is 3.59. The van der Waals surface area contributed by atoms with E-state index in [-0.39, 0.29) is 17.7 Å². The molecule has 25 heavy (non-hydrogen) atoms. The summed E-state index contributed by atoms with van der Waals surface area (Å²) in [6.45, 7) is 0. The summed E-state index contributed by atoms with van der Waals surface area (Å²) in [4.78, 5) is 17.0. The number of carbonyl (C=O) groups excluding carboxylic acids is 1. The molecular formula is C19H18N2O3S. The van der Waals surface area contributed by atoms with E-state index < -0.39 is 0 Å². The van der Waals surface area contributed by atoms with Gasteiger partial charge in [0, 0.05) is 5.92 Å². The molecule has 2 aromatic carbocycles. The van der Waals surface area contributed by atoms with Crippen LogP contribution in [-0.2, 0) is 4.79 Å². The van der Waals surface area contributed by atoms with Crippen molar-refractivity contribution in [2.24, 2.45) is 5.92 Å². The lowest BCUT2D eigenvalue weighted by molar-refractivity contribution is -0.117. The van der Waals surface area contributed by atoms with E-state index in [0.717, 1.165) is 28.1 Å². The molecule has 1 aliphatic carbocycles. The quantitative estimate of drug-likeness (QED) is 0.751. The van der Waals surface area contributed by atoms with Crippen molar-refractivity contribution < 1.29 is 14.3 Å². The number of fused-ring (bicyclic) bond motifs is 1. The van der Waals surface area contributed by atoms with Crippen LogP contribution in [0.2, 0.25) is 0 Å². The van der Waals surface area contributed by atoms with Gasteiger partial charge < -0.3 is 14.8 Å². The lowest BCUT2D eigenvalue weighted by atomic mass is 10.1. The van der Waals surface area contributed by atoms with E-state index in [1.807, 2.05) is 42.5 Å². The average Bonchev–Trinajstić information content (AvgIpc) is 3.35. The van der Waals surface area contributed by atoms with E-state index in [4.69, 9.17) is 9.47 Å². The van der Waals surface area contributed by atoms with Crippen LogP contribution < -0.4 is 14.8 Å². The van der Waals surface area contributed by atoms with Gasteiger partial charge in [-0.1, -0.05) is 23.5 Å². The molecule has 5 nitrogen and oxygen atoms in total. The number of aromatic nitrogens is 1. The number of nitrogens with one attached hydrogen (secondary N) is 1. The Bertz CT molecular complexity index is 920. The van der Waals surface area contributed by atoms with E-state index in [2.05, 4.69) is 10.3 Å². The Kier molecular flexibility index (Phi) is 4.05. The molecule has 1 N–H and O–H groups in total. The van der Waals surface area contributed by atoms with Crippen molar-refractivity contribution in [3.05, 3.63) is 48.0 Å². The number of hydrogen-bond acceptors (Lipinski definition) is 5. The topological polar surface area (TPSA) is 60.5 Å². The molecular weight excluding hydrogens is 336 g/mol. The molecule has 6 heteroatoms. The molecule has 3 aromatic rings. The number of amides is 1. The van der Waals surface area contributed by atoms with Crippen LogP contribution in [0.15, 0.2) is 42.5 Å². The zero-order valence-electron chi connectivity index (χ0n) is 14.0. The second kappa shape index (κ2) is 6.37. The van der Waals surface area contributed by atoms with Crippen molar-refractivity contribution in [2.75, 3.05) is 19.5 Å². The Morgan fingerprint density at radius 1 is 1.12 bits per heavy atom. The number of thiazole rings is 1. The van der Waals surface area contributed by atoms with Gasteiger partial charge in [0.25, 0.3) is 0 Å². The highest BCUT2D eigenvalue weighted by molar-refractivity contribution is 7.22. The van der Waals surface area contributed by atoms with Gasteiger partial charge in [0.15, 0.2) is 5.13 Å². The van der Waals surface area contributed by atoms with Crippen molar-refractivity contribution in [1.82, 2.24) is 4.98 Å². The van der Waals surface area contributed by atoms with Crippen LogP contribution in [0.5, 0.6) is 11.5 Å². The molecule has 1 amide bonds. The number of carbonyl (C=O) groups is 1. The van der Waals surface area contributed by atoms with E-state index in [1.54, 1.807) is 14.2 Å². The molecule has 128 valence electrons. The van der Waals surface area contributed by atoms with Crippen molar-refractivity contribution in [1.29, 1.82) is 0 Å². The number of anilines is 1. The van der Waals surface area contributed by atoms with Crippen LogP contribution in [0.3, 0.4) is 0 Å². The Morgan fingerprint density at radius 2 is 1.84 bits per heavy atom. The highest BCUT2D eigenvalue weighted by atomic mass is 32.1. The Morgan fingerprint density at radius 3 is 2.56 bits per heavy atom. The van der Waals surface area contributed by atoms with E-state index in [9.17, 15) is 4.79 Å². The molecule has 0 bridgehead atoms. The number of hydrogen-bond donors (Lipinski definition) is 1. The molecule has 1 heterocycles. The molecule has 1 aliphatic rings. The maximum Gasteiger partial charge on any atom is 0.229 e. The minimum absolute atomic E-state index is 0.00921. The highest BCUT2D eigenvalue weighted by Gasteiger charge is 2.44. The number of rotatable bonds is 5. The minimum Gasteiger partial charge on any atom is -0.497 e. The monoisotopic (exact) mass is 354 g/mol. The first-order valence-corrected chi connectivity index (χ1v) is 8.89. The lowest BCUT2D eigenvalue weighted by Crippen LogP contribution is -2.14. The summed E-state index contributed by atoms with van der Waals surface area (Å²) >= 11 is 1.46. The molecule has 4 rings (SSSR count). The van der Waals surface area contributed by atoms with Gasteiger partial charge in [-0.25, -0.2) is 4.98 Å². The molecule has 0 saturated heterocycles. The number of nitrogens with zero attached hydrogens (tertiary/aromatic N) is 1. The fraction of sp³-hybridized carbons (Fsp3) is 0.263. The molecule has 0 unspecified atom stereocenters. The van der Waals surface area contributed by atoms with Crippen LogP contribution in [0.1, 0.15) is 17.9 Å².